The minimum atomic E-state index is -3.47. The number of rotatable bonds is 9. The van der Waals surface area contributed by atoms with Crippen LogP contribution in [0.1, 0.15) is 24.9 Å². The van der Waals surface area contributed by atoms with Gasteiger partial charge in [0.05, 0.1) is 4.92 Å². The molecule has 9 heteroatoms. The lowest BCUT2D eigenvalue weighted by Gasteiger charge is -2.28. The molecule has 0 aliphatic rings. The summed E-state index contributed by atoms with van der Waals surface area (Å²) in [5, 5.41) is 27.0. The first kappa shape index (κ1) is 22.3. The van der Waals surface area contributed by atoms with Gasteiger partial charge in [-0.05, 0) is 29.8 Å². The normalized spacial score (nSPS) is 13.3. The van der Waals surface area contributed by atoms with Crippen LogP contribution in [0.2, 0.25) is 0 Å². The average Bonchev–Trinajstić information content (AvgIpc) is 2.80. The second-order valence-electron chi connectivity index (χ2n) is 7.00. The zero-order chi connectivity index (χ0) is 22.4. The van der Waals surface area contributed by atoms with Crippen LogP contribution in [0.4, 0.5) is 5.69 Å². The number of benzene rings is 3. The van der Waals surface area contributed by atoms with E-state index in [0.717, 1.165) is 0 Å². The smallest absolute Gasteiger partial charge is 0.269 e. The highest BCUT2D eigenvalue weighted by Gasteiger charge is 2.38. The van der Waals surface area contributed by atoms with E-state index >= 15 is 0 Å². The Kier molecular flexibility index (Phi) is 6.95. The van der Waals surface area contributed by atoms with Crippen molar-refractivity contribution < 1.29 is 14.4 Å². The number of nitro benzene ring substituents is 1. The van der Waals surface area contributed by atoms with E-state index in [1.54, 1.807) is 67.6 Å². The third kappa shape index (κ3) is 4.87. The fourth-order valence-corrected chi connectivity index (χ4v) is 5.96. The average molecular weight is 439 g/mol. The summed E-state index contributed by atoms with van der Waals surface area (Å²) in [4.78, 5) is 21.9. The van der Waals surface area contributed by atoms with Crippen LogP contribution >= 0.6 is 7.29 Å². The topological polar surface area (TPSA) is 115 Å². The van der Waals surface area contributed by atoms with Crippen LogP contribution in [-0.2, 0) is 4.57 Å². The monoisotopic (exact) mass is 439 g/mol. The summed E-state index contributed by atoms with van der Waals surface area (Å²) in [6, 6.07) is 21.1. The second-order valence-corrected chi connectivity index (χ2v) is 9.51. The van der Waals surface area contributed by atoms with Crippen LogP contribution < -0.4 is 15.7 Å². The first-order valence-electron chi connectivity index (χ1n) is 9.73. The first-order valence-corrected chi connectivity index (χ1v) is 11.4. The van der Waals surface area contributed by atoms with Gasteiger partial charge >= 0.3 is 0 Å². The molecule has 0 fully saturated rings. The van der Waals surface area contributed by atoms with Crippen molar-refractivity contribution in [1.29, 1.82) is 0 Å². The molecule has 0 amide bonds. The summed E-state index contributed by atoms with van der Waals surface area (Å²) in [7, 11) is -3.47. The maximum Gasteiger partial charge on any atom is 0.269 e. The van der Waals surface area contributed by atoms with Crippen molar-refractivity contribution in [1.82, 2.24) is 5.09 Å². The van der Waals surface area contributed by atoms with Crippen LogP contribution in [0.5, 0.6) is 0 Å². The molecule has 2 atom stereocenters. The Balaban J connectivity index is 2.13. The van der Waals surface area contributed by atoms with Gasteiger partial charge in [-0.25, -0.2) is 5.09 Å². The molecular weight excluding hydrogens is 417 g/mol. The number of non-ortho nitro benzene ring substituents is 1. The van der Waals surface area contributed by atoms with Crippen molar-refractivity contribution in [2.24, 2.45) is 0 Å². The highest BCUT2D eigenvalue weighted by molar-refractivity contribution is 7.76. The van der Waals surface area contributed by atoms with Crippen LogP contribution in [0.25, 0.3) is 0 Å². The summed E-state index contributed by atoms with van der Waals surface area (Å²) in [5.74, 6) is 0. The fourth-order valence-electron chi connectivity index (χ4n) is 3.46. The Labute approximate surface area is 179 Å². The summed E-state index contributed by atoms with van der Waals surface area (Å²) in [6.45, 7) is 1.68. The zero-order valence-electron chi connectivity index (χ0n) is 16.8. The second kappa shape index (κ2) is 9.64. The molecule has 0 aliphatic heterocycles. The number of nitrogens with zero attached hydrogens (tertiary/aromatic N) is 2. The third-order valence-corrected chi connectivity index (χ3v) is 7.79. The van der Waals surface area contributed by atoms with E-state index in [1.165, 1.54) is 24.3 Å². The molecule has 0 aliphatic carbocycles. The fraction of sp³-hybridized carbons (Fsp3) is 0.182. The van der Waals surface area contributed by atoms with Gasteiger partial charge in [-0.2, -0.15) is 0 Å². The molecule has 0 bridgehead atoms. The van der Waals surface area contributed by atoms with Crippen molar-refractivity contribution in [3.05, 3.63) is 111 Å². The molecule has 1 N–H and O–H groups in total. The Morgan fingerprint density at radius 1 is 0.839 bits per heavy atom. The SMILES string of the molecule is CCC(C(NP(=O)(c1ccccc1)c1ccccc1)c1ccc([N+](=O)[O-])cc1)[N+](=O)[O-]. The number of nitro groups is 2. The van der Waals surface area contributed by atoms with E-state index in [-0.39, 0.29) is 12.1 Å². The van der Waals surface area contributed by atoms with Crippen LogP contribution in [-0.4, -0.2) is 15.9 Å². The molecule has 3 rings (SSSR count). The molecule has 2 unspecified atom stereocenters. The minimum Gasteiger partial charge on any atom is -0.296 e. The zero-order valence-corrected chi connectivity index (χ0v) is 17.7. The Morgan fingerprint density at radius 3 is 1.71 bits per heavy atom. The van der Waals surface area contributed by atoms with Crippen molar-refractivity contribution >= 4 is 23.6 Å². The van der Waals surface area contributed by atoms with Gasteiger partial charge in [-0.3, -0.25) is 24.8 Å². The van der Waals surface area contributed by atoms with Gasteiger partial charge in [0.15, 0.2) is 0 Å². The highest BCUT2D eigenvalue weighted by Crippen LogP contribution is 2.43. The largest absolute Gasteiger partial charge is 0.296 e. The van der Waals surface area contributed by atoms with Crippen LogP contribution in [0, 0.1) is 20.2 Å². The van der Waals surface area contributed by atoms with E-state index < -0.39 is 29.2 Å². The summed E-state index contributed by atoms with van der Waals surface area (Å²) in [5.41, 5.74) is 0.340. The maximum atomic E-state index is 14.4. The van der Waals surface area contributed by atoms with Gasteiger partial charge in [0, 0.05) is 34.1 Å². The van der Waals surface area contributed by atoms with E-state index in [4.69, 9.17) is 0 Å². The summed E-state index contributed by atoms with van der Waals surface area (Å²) in [6.07, 6.45) is 0.186. The van der Waals surface area contributed by atoms with Gasteiger partial charge in [-0.1, -0.05) is 55.5 Å². The minimum absolute atomic E-state index is 0.119. The van der Waals surface area contributed by atoms with Gasteiger partial charge in [0.1, 0.15) is 6.04 Å². The molecule has 3 aromatic carbocycles. The molecule has 0 aromatic heterocycles. The lowest BCUT2D eigenvalue weighted by Crippen LogP contribution is -2.39. The standard InChI is InChI=1S/C22H22N3O5P/c1-2-21(25(28)29)22(17-13-15-18(16-14-17)24(26)27)23-31(30,19-9-5-3-6-10-19)20-11-7-4-8-12-20/h3-16,21-22H,2H2,1H3,(H,23,30). The van der Waals surface area contributed by atoms with Crippen molar-refractivity contribution in [3.8, 4) is 0 Å². The quantitative estimate of drug-likeness (QED) is 0.303. The highest BCUT2D eigenvalue weighted by atomic mass is 31.2. The molecule has 0 heterocycles. The van der Waals surface area contributed by atoms with E-state index in [2.05, 4.69) is 5.09 Å². The van der Waals surface area contributed by atoms with Gasteiger partial charge in [-0.15, -0.1) is 0 Å². The molecule has 160 valence electrons. The lowest BCUT2D eigenvalue weighted by molar-refractivity contribution is -0.527. The molecule has 8 nitrogen and oxygen atoms in total. The van der Waals surface area contributed by atoms with Gasteiger partial charge in [0.25, 0.3) is 5.69 Å². The summed E-state index contributed by atoms with van der Waals surface area (Å²) < 4.78 is 14.4. The van der Waals surface area contributed by atoms with Crippen molar-refractivity contribution in [2.75, 3.05) is 0 Å². The predicted molar refractivity (Wildman–Crippen MR) is 120 cm³/mol. The number of hydrogen-bond acceptors (Lipinski definition) is 5. The Bertz CT molecular complexity index is 1050. The molecule has 0 spiro atoms. The molecular formula is C22H22N3O5P. The van der Waals surface area contributed by atoms with Crippen LogP contribution in [0.15, 0.2) is 84.9 Å². The molecule has 31 heavy (non-hydrogen) atoms. The van der Waals surface area contributed by atoms with Crippen LogP contribution in [0.3, 0.4) is 0 Å². The molecule has 3 aromatic rings. The van der Waals surface area contributed by atoms with Gasteiger partial charge in [0.2, 0.25) is 13.3 Å². The predicted octanol–water partition coefficient (Wildman–Crippen LogP) is 4.21. The third-order valence-electron chi connectivity index (χ3n) is 5.10. The van der Waals surface area contributed by atoms with E-state index in [1.807, 2.05) is 0 Å². The maximum absolute atomic E-state index is 14.4. The molecule has 0 saturated carbocycles. The number of hydrogen-bond donors (Lipinski definition) is 1. The Hall–Kier alpha value is -3.35. The Morgan fingerprint density at radius 2 is 1.32 bits per heavy atom. The van der Waals surface area contributed by atoms with E-state index in [9.17, 15) is 24.8 Å². The molecule has 0 saturated heterocycles. The first-order chi connectivity index (χ1) is 14.9. The summed E-state index contributed by atoms with van der Waals surface area (Å²) >= 11 is 0. The van der Waals surface area contributed by atoms with E-state index in [0.29, 0.717) is 16.2 Å². The number of nitrogens with one attached hydrogen (secondary N) is 1. The molecule has 0 radical (unpaired) electrons. The lowest BCUT2D eigenvalue weighted by atomic mass is 9.98. The van der Waals surface area contributed by atoms with Gasteiger partial charge < -0.3 is 0 Å². The van der Waals surface area contributed by atoms with Crippen molar-refractivity contribution in [2.45, 2.75) is 25.4 Å². The van der Waals surface area contributed by atoms with Crippen molar-refractivity contribution in [3.63, 3.8) is 0 Å².